The Morgan fingerprint density at radius 3 is 1.69 bits per heavy atom. The molecule has 0 aliphatic heterocycles. The first-order chi connectivity index (χ1) is 7.77. The highest BCUT2D eigenvalue weighted by atomic mass is 32.2. The normalized spacial score (nSPS) is 15.6. The van der Waals surface area contributed by atoms with Crippen molar-refractivity contribution in [1.29, 1.82) is 0 Å². The highest BCUT2D eigenvalue weighted by Crippen LogP contribution is 2.53. The molecule has 0 amide bonds. The Hall–Kier alpha value is -1.21. The van der Waals surface area contributed by atoms with Gasteiger partial charge in [-0.15, -0.1) is 11.8 Å². The molecule has 80 valence electrons. The van der Waals surface area contributed by atoms with Gasteiger partial charge in [-0.05, 0) is 35.4 Å². The van der Waals surface area contributed by atoms with E-state index >= 15 is 0 Å². The van der Waals surface area contributed by atoms with Crippen molar-refractivity contribution in [2.45, 2.75) is 11.7 Å². The van der Waals surface area contributed by atoms with E-state index in [2.05, 4.69) is 61.7 Å². The predicted molar refractivity (Wildman–Crippen MR) is 71.8 cm³/mol. The fourth-order valence-corrected chi connectivity index (χ4v) is 3.43. The number of rotatable bonds is 1. The van der Waals surface area contributed by atoms with E-state index in [1.54, 1.807) is 0 Å². The summed E-state index contributed by atoms with van der Waals surface area (Å²) in [6.07, 6.45) is 2.19. The van der Waals surface area contributed by atoms with Crippen molar-refractivity contribution in [3.8, 4) is 11.1 Å². The van der Waals surface area contributed by atoms with Gasteiger partial charge < -0.3 is 0 Å². The molecule has 0 radical (unpaired) electrons. The Morgan fingerprint density at radius 1 is 0.812 bits per heavy atom. The molecule has 0 bridgehead atoms. The Morgan fingerprint density at radius 2 is 1.25 bits per heavy atom. The van der Waals surface area contributed by atoms with Gasteiger partial charge in [0, 0.05) is 0 Å². The van der Waals surface area contributed by atoms with E-state index in [9.17, 15) is 0 Å². The summed E-state index contributed by atoms with van der Waals surface area (Å²) in [6.45, 7) is 2.32. The fraction of sp³-hybridized carbons (Fsp3) is 0.200. The van der Waals surface area contributed by atoms with Crippen LogP contribution in [0, 0.1) is 0 Å². The summed E-state index contributed by atoms with van der Waals surface area (Å²) in [5.41, 5.74) is 5.69. The van der Waals surface area contributed by atoms with Gasteiger partial charge in [0.15, 0.2) is 0 Å². The largest absolute Gasteiger partial charge is 0.149 e. The lowest BCUT2D eigenvalue weighted by molar-refractivity contribution is 0.871. The van der Waals surface area contributed by atoms with Crippen molar-refractivity contribution < 1.29 is 0 Å². The molecule has 1 aliphatic carbocycles. The van der Waals surface area contributed by atoms with E-state index in [0.717, 1.165) is 0 Å². The van der Waals surface area contributed by atoms with Crippen molar-refractivity contribution in [3.63, 3.8) is 0 Å². The van der Waals surface area contributed by atoms with Gasteiger partial charge in [0.2, 0.25) is 0 Å². The second-order valence-electron chi connectivity index (χ2n) is 4.33. The van der Waals surface area contributed by atoms with Crippen LogP contribution in [0.5, 0.6) is 0 Å². The molecule has 0 saturated heterocycles. The number of thioether (sulfide) groups is 1. The maximum atomic E-state index is 2.32. The van der Waals surface area contributed by atoms with Gasteiger partial charge in [0.25, 0.3) is 0 Å². The van der Waals surface area contributed by atoms with Gasteiger partial charge in [-0.1, -0.05) is 48.5 Å². The third-order valence-corrected chi connectivity index (χ3v) is 4.84. The van der Waals surface area contributed by atoms with Crippen LogP contribution in [0.4, 0.5) is 0 Å². The summed E-state index contributed by atoms with van der Waals surface area (Å²) in [7, 11) is 0. The number of hydrogen-bond donors (Lipinski definition) is 0. The smallest absolute Gasteiger partial charge is 0.0638 e. The zero-order valence-electron chi connectivity index (χ0n) is 9.53. The quantitative estimate of drug-likeness (QED) is 0.699. The standard InChI is InChI=1S/C15H14S/c1-15(16-2)13-9-5-3-7-11(13)12-8-4-6-10-14(12)15/h3-10H,1-2H3. The van der Waals surface area contributed by atoms with Gasteiger partial charge in [-0.3, -0.25) is 0 Å². The van der Waals surface area contributed by atoms with Gasteiger partial charge in [0.1, 0.15) is 0 Å². The molecule has 2 aromatic rings. The van der Waals surface area contributed by atoms with Crippen LogP contribution in [0.2, 0.25) is 0 Å². The molecule has 0 atom stereocenters. The molecular weight excluding hydrogens is 212 g/mol. The van der Waals surface area contributed by atoms with Gasteiger partial charge >= 0.3 is 0 Å². The molecule has 0 aromatic heterocycles. The molecule has 0 unspecified atom stereocenters. The highest BCUT2D eigenvalue weighted by Gasteiger charge is 2.37. The molecule has 0 nitrogen and oxygen atoms in total. The van der Waals surface area contributed by atoms with Crippen LogP contribution < -0.4 is 0 Å². The first-order valence-corrected chi connectivity index (χ1v) is 6.74. The number of hydrogen-bond acceptors (Lipinski definition) is 1. The fourth-order valence-electron chi connectivity index (χ4n) is 2.63. The average molecular weight is 226 g/mol. The van der Waals surface area contributed by atoms with Gasteiger partial charge in [0.05, 0.1) is 4.75 Å². The topological polar surface area (TPSA) is 0 Å². The number of fused-ring (bicyclic) bond motifs is 3. The summed E-state index contributed by atoms with van der Waals surface area (Å²) in [4.78, 5) is 0. The van der Waals surface area contributed by atoms with Crippen LogP contribution in [0.3, 0.4) is 0 Å². The van der Waals surface area contributed by atoms with Crippen LogP contribution in [0.15, 0.2) is 48.5 Å². The Bertz CT molecular complexity index is 497. The zero-order valence-corrected chi connectivity index (χ0v) is 10.3. The lowest BCUT2D eigenvalue weighted by atomic mass is 9.98. The lowest BCUT2D eigenvalue weighted by Crippen LogP contribution is -2.14. The van der Waals surface area contributed by atoms with E-state index in [4.69, 9.17) is 0 Å². The first kappa shape index (κ1) is 9.98. The molecule has 0 N–H and O–H groups in total. The van der Waals surface area contributed by atoms with Crippen LogP contribution in [-0.2, 0) is 4.75 Å². The minimum atomic E-state index is 0.118. The van der Waals surface area contributed by atoms with Crippen LogP contribution >= 0.6 is 11.8 Å². The molecular formula is C15H14S. The molecule has 0 spiro atoms. The van der Waals surface area contributed by atoms with E-state index in [1.807, 2.05) is 11.8 Å². The summed E-state index contributed by atoms with van der Waals surface area (Å²) >= 11 is 1.92. The minimum Gasteiger partial charge on any atom is -0.149 e. The number of benzene rings is 2. The third-order valence-electron chi connectivity index (χ3n) is 3.58. The Balaban J connectivity index is 2.39. The minimum absolute atomic E-state index is 0.118. The Labute approximate surface area is 101 Å². The Kier molecular flexibility index (Phi) is 2.11. The van der Waals surface area contributed by atoms with Crippen molar-refractivity contribution >= 4 is 11.8 Å². The molecule has 0 heterocycles. The van der Waals surface area contributed by atoms with E-state index in [-0.39, 0.29) is 4.75 Å². The summed E-state index contributed by atoms with van der Waals surface area (Å²) < 4.78 is 0.118. The monoisotopic (exact) mass is 226 g/mol. The second-order valence-corrected chi connectivity index (χ2v) is 5.55. The summed E-state index contributed by atoms with van der Waals surface area (Å²) in [5.74, 6) is 0. The summed E-state index contributed by atoms with van der Waals surface area (Å²) in [5, 5.41) is 0. The lowest BCUT2D eigenvalue weighted by Gasteiger charge is -2.24. The molecule has 2 aromatic carbocycles. The maximum absolute atomic E-state index is 2.32. The van der Waals surface area contributed by atoms with Crippen LogP contribution in [0.1, 0.15) is 18.1 Å². The molecule has 0 fully saturated rings. The molecule has 16 heavy (non-hydrogen) atoms. The van der Waals surface area contributed by atoms with Crippen LogP contribution in [-0.4, -0.2) is 6.26 Å². The van der Waals surface area contributed by atoms with Crippen molar-refractivity contribution in [3.05, 3.63) is 59.7 Å². The SMILES string of the molecule is CSC1(C)c2ccccc2-c2ccccc21. The van der Waals surface area contributed by atoms with Gasteiger partial charge in [-0.25, -0.2) is 0 Å². The zero-order chi connectivity index (χ0) is 11.2. The van der Waals surface area contributed by atoms with E-state index in [0.29, 0.717) is 0 Å². The van der Waals surface area contributed by atoms with Crippen molar-refractivity contribution in [1.82, 2.24) is 0 Å². The van der Waals surface area contributed by atoms with Crippen molar-refractivity contribution in [2.24, 2.45) is 0 Å². The van der Waals surface area contributed by atoms with Gasteiger partial charge in [-0.2, -0.15) is 0 Å². The van der Waals surface area contributed by atoms with Crippen molar-refractivity contribution in [2.75, 3.05) is 6.26 Å². The first-order valence-electron chi connectivity index (χ1n) is 5.52. The molecule has 1 heteroatoms. The predicted octanol–water partition coefficient (Wildman–Crippen LogP) is 4.29. The van der Waals surface area contributed by atoms with E-state index in [1.165, 1.54) is 22.3 Å². The average Bonchev–Trinajstić information content (AvgIpc) is 2.62. The highest BCUT2D eigenvalue weighted by molar-refractivity contribution is 7.99. The third kappa shape index (κ3) is 1.12. The molecule has 1 aliphatic rings. The summed E-state index contributed by atoms with van der Waals surface area (Å²) in [6, 6.07) is 17.5. The van der Waals surface area contributed by atoms with Crippen LogP contribution in [0.25, 0.3) is 11.1 Å². The maximum Gasteiger partial charge on any atom is 0.0638 e. The molecule has 3 rings (SSSR count). The van der Waals surface area contributed by atoms with E-state index < -0.39 is 0 Å². The molecule has 0 saturated carbocycles. The second kappa shape index (κ2) is 3.39.